The van der Waals surface area contributed by atoms with Crippen LogP contribution in [0.25, 0.3) is 6.08 Å². The summed E-state index contributed by atoms with van der Waals surface area (Å²) in [6.45, 7) is 4.07. The lowest BCUT2D eigenvalue weighted by atomic mass is 10.2. The summed E-state index contributed by atoms with van der Waals surface area (Å²) in [6.07, 6.45) is 4.27. The fourth-order valence-electron chi connectivity index (χ4n) is 2.11. The smallest absolute Gasteiger partial charge is 0.344 e. The molecule has 0 heterocycles. The van der Waals surface area contributed by atoms with Crippen molar-refractivity contribution in [1.29, 1.82) is 0 Å². The number of rotatable bonds is 8. The first-order valence-corrected chi connectivity index (χ1v) is 8.91. The second kappa shape index (κ2) is 9.83. The number of ether oxygens (including phenoxy) is 2. The fourth-order valence-corrected chi connectivity index (χ4v) is 2.91. The molecule has 0 unspecified atom stereocenters. The molecule has 4 heteroatoms. The van der Waals surface area contributed by atoms with Crippen molar-refractivity contribution in [3.63, 3.8) is 0 Å². The topological polar surface area (TPSA) is 35.5 Å². The van der Waals surface area contributed by atoms with Crippen LogP contribution in [0.4, 0.5) is 0 Å². The maximum absolute atomic E-state index is 11.3. The number of carbonyl (C=O) groups excluding carboxylic acids is 1. The third-order valence-electron chi connectivity index (χ3n) is 3.25. The summed E-state index contributed by atoms with van der Waals surface area (Å²) in [6, 6.07) is 16.2. The van der Waals surface area contributed by atoms with Crippen LogP contribution in [0.15, 0.2) is 59.5 Å². The molecule has 0 saturated carbocycles. The molecule has 0 saturated heterocycles. The second-order valence-electron chi connectivity index (χ2n) is 5.15. The highest BCUT2D eigenvalue weighted by Crippen LogP contribution is 2.25. The number of benzene rings is 2. The van der Waals surface area contributed by atoms with Gasteiger partial charge in [0.2, 0.25) is 0 Å². The molecule has 24 heavy (non-hydrogen) atoms. The number of esters is 1. The predicted molar refractivity (Wildman–Crippen MR) is 99.5 cm³/mol. The van der Waals surface area contributed by atoms with Gasteiger partial charge in [-0.25, -0.2) is 4.79 Å². The van der Waals surface area contributed by atoms with Gasteiger partial charge < -0.3 is 9.47 Å². The van der Waals surface area contributed by atoms with Gasteiger partial charge in [0.05, 0.1) is 6.61 Å². The molecule has 0 spiro atoms. The van der Waals surface area contributed by atoms with E-state index in [2.05, 4.69) is 30.4 Å². The predicted octanol–water partition coefficient (Wildman–Crippen LogP) is 4.74. The van der Waals surface area contributed by atoms with Crippen molar-refractivity contribution >= 4 is 23.8 Å². The summed E-state index contributed by atoms with van der Waals surface area (Å²) in [4.78, 5) is 12.5. The molecule has 0 aliphatic heterocycles. The molecule has 0 aliphatic rings. The first kappa shape index (κ1) is 18.1. The third kappa shape index (κ3) is 6.13. The van der Waals surface area contributed by atoms with Crippen LogP contribution in [0.5, 0.6) is 5.75 Å². The normalized spacial score (nSPS) is 10.8. The lowest BCUT2D eigenvalue weighted by Crippen LogP contribution is -2.14. The Morgan fingerprint density at radius 3 is 2.67 bits per heavy atom. The van der Waals surface area contributed by atoms with E-state index < -0.39 is 0 Å². The van der Waals surface area contributed by atoms with Gasteiger partial charge in [-0.15, -0.1) is 11.8 Å². The number of hydrogen-bond acceptors (Lipinski definition) is 4. The van der Waals surface area contributed by atoms with Gasteiger partial charge in [-0.05, 0) is 43.2 Å². The molecule has 0 atom stereocenters. The van der Waals surface area contributed by atoms with Crippen molar-refractivity contribution in [2.75, 3.05) is 19.0 Å². The Morgan fingerprint density at radius 2 is 1.96 bits per heavy atom. The molecule has 0 radical (unpaired) electrons. The van der Waals surface area contributed by atoms with E-state index in [9.17, 15) is 4.79 Å². The molecule has 0 N–H and O–H groups in total. The number of aryl methyl sites for hydroxylation is 1. The molecule has 0 aromatic heterocycles. The minimum atomic E-state index is -0.346. The van der Waals surface area contributed by atoms with Crippen LogP contribution >= 0.6 is 11.8 Å². The van der Waals surface area contributed by atoms with Crippen molar-refractivity contribution in [2.45, 2.75) is 18.7 Å². The second-order valence-corrected chi connectivity index (χ2v) is 6.24. The summed E-state index contributed by atoms with van der Waals surface area (Å²) in [5.41, 5.74) is 2.22. The summed E-state index contributed by atoms with van der Waals surface area (Å²) in [5.74, 6) is 1.27. The summed E-state index contributed by atoms with van der Waals surface area (Å²) < 4.78 is 10.3. The van der Waals surface area contributed by atoms with E-state index in [1.165, 1.54) is 10.5 Å². The largest absolute Gasteiger partial charge is 0.482 e. The Morgan fingerprint density at radius 1 is 1.17 bits per heavy atom. The molecular formula is C20H22O3S. The van der Waals surface area contributed by atoms with E-state index in [0.29, 0.717) is 12.4 Å². The minimum Gasteiger partial charge on any atom is -0.482 e. The molecule has 0 amide bonds. The zero-order valence-corrected chi connectivity index (χ0v) is 14.8. The van der Waals surface area contributed by atoms with E-state index in [0.717, 1.165) is 11.3 Å². The van der Waals surface area contributed by atoms with Crippen LogP contribution in [0.3, 0.4) is 0 Å². The zero-order valence-electron chi connectivity index (χ0n) is 14.0. The monoisotopic (exact) mass is 342 g/mol. The Labute approximate surface area is 147 Å². The van der Waals surface area contributed by atoms with Crippen LogP contribution < -0.4 is 4.74 Å². The van der Waals surface area contributed by atoms with E-state index >= 15 is 0 Å². The molecular weight excluding hydrogens is 320 g/mol. The highest BCUT2D eigenvalue weighted by atomic mass is 32.2. The number of thioether (sulfide) groups is 1. The Hall–Kier alpha value is -2.20. The van der Waals surface area contributed by atoms with Crippen LogP contribution in [0.1, 0.15) is 18.1 Å². The average Bonchev–Trinajstić information content (AvgIpc) is 2.59. The lowest BCUT2D eigenvalue weighted by molar-refractivity contribution is -0.145. The maximum Gasteiger partial charge on any atom is 0.344 e. The van der Waals surface area contributed by atoms with Crippen LogP contribution in [0, 0.1) is 6.92 Å². The highest BCUT2D eigenvalue weighted by molar-refractivity contribution is 7.99. The first-order valence-electron chi connectivity index (χ1n) is 7.92. The molecule has 0 aliphatic carbocycles. The third-order valence-corrected chi connectivity index (χ3v) is 4.20. The SMILES string of the molecule is CCOC(=O)COc1ccc(SC/C=C/c2ccccc2)cc1C. The van der Waals surface area contributed by atoms with E-state index in [1.54, 1.807) is 18.7 Å². The fraction of sp³-hybridized carbons (Fsp3) is 0.250. The molecule has 3 nitrogen and oxygen atoms in total. The standard InChI is InChI=1S/C20H22O3S/c1-3-22-20(21)15-23-19-12-11-18(14-16(19)2)24-13-7-10-17-8-5-4-6-9-17/h4-12,14H,3,13,15H2,1-2H3/b10-7+. The number of hydrogen-bond donors (Lipinski definition) is 0. The van der Waals surface area contributed by atoms with Gasteiger partial charge in [0.1, 0.15) is 5.75 Å². The van der Waals surface area contributed by atoms with Crippen molar-refractivity contribution < 1.29 is 14.3 Å². The van der Waals surface area contributed by atoms with Crippen molar-refractivity contribution in [3.8, 4) is 5.75 Å². The van der Waals surface area contributed by atoms with Crippen molar-refractivity contribution in [1.82, 2.24) is 0 Å². The molecule has 0 fully saturated rings. The molecule has 2 aromatic carbocycles. The van der Waals surface area contributed by atoms with Gasteiger partial charge >= 0.3 is 5.97 Å². The lowest BCUT2D eigenvalue weighted by Gasteiger charge is -2.09. The highest BCUT2D eigenvalue weighted by Gasteiger charge is 2.06. The summed E-state index contributed by atoms with van der Waals surface area (Å²) >= 11 is 1.76. The molecule has 2 rings (SSSR count). The average molecular weight is 342 g/mol. The Balaban J connectivity index is 1.83. The van der Waals surface area contributed by atoms with Gasteiger partial charge in [-0.2, -0.15) is 0 Å². The summed E-state index contributed by atoms with van der Waals surface area (Å²) in [7, 11) is 0. The van der Waals surface area contributed by atoms with E-state index in [4.69, 9.17) is 9.47 Å². The van der Waals surface area contributed by atoms with Gasteiger partial charge in [0.15, 0.2) is 6.61 Å². The molecule has 126 valence electrons. The van der Waals surface area contributed by atoms with Crippen molar-refractivity contribution in [2.24, 2.45) is 0 Å². The number of carbonyl (C=O) groups is 1. The Bertz CT molecular complexity index is 681. The van der Waals surface area contributed by atoms with Crippen molar-refractivity contribution in [3.05, 3.63) is 65.7 Å². The van der Waals surface area contributed by atoms with Crippen LogP contribution in [-0.2, 0) is 9.53 Å². The quantitative estimate of drug-likeness (QED) is 0.513. The van der Waals surface area contributed by atoms with Gasteiger partial charge in [-0.1, -0.05) is 42.5 Å². The van der Waals surface area contributed by atoms with Gasteiger partial charge in [0, 0.05) is 10.6 Å². The first-order chi connectivity index (χ1) is 11.7. The molecule has 2 aromatic rings. The van der Waals surface area contributed by atoms with Gasteiger partial charge in [0.25, 0.3) is 0 Å². The van der Waals surface area contributed by atoms with Gasteiger partial charge in [-0.3, -0.25) is 0 Å². The Kier molecular flexibility index (Phi) is 7.43. The maximum atomic E-state index is 11.3. The minimum absolute atomic E-state index is 0.0546. The molecule has 0 bridgehead atoms. The van der Waals surface area contributed by atoms with E-state index in [-0.39, 0.29) is 12.6 Å². The summed E-state index contributed by atoms with van der Waals surface area (Å²) in [5, 5.41) is 0. The zero-order chi connectivity index (χ0) is 17.2. The van der Waals surface area contributed by atoms with Crippen LogP contribution in [-0.4, -0.2) is 24.9 Å². The van der Waals surface area contributed by atoms with E-state index in [1.807, 2.05) is 37.3 Å². The van der Waals surface area contributed by atoms with Crippen LogP contribution in [0.2, 0.25) is 0 Å².